The highest BCUT2D eigenvalue weighted by atomic mass is 35.5. The predicted molar refractivity (Wildman–Crippen MR) is 141 cm³/mol. The SMILES string of the molecule is C#CC1=C(C)[B]c2c(C)ccc(-c3cc(=C)/c(=C(\N=C(/C)CC)N4CCCC4)cc3Cl)c21. The fourth-order valence-corrected chi connectivity index (χ4v) is 4.86. The van der Waals surface area contributed by atoms with E-state index in [-0.39, 0.29) is 0 Å². The molecule has 1 fully saturated rings. The van der Waals surface area contributed by atoms with Crippen LogP contribution in [0.1, 0.15) is 51.2 Å². The topological polar surface area (TPSA) is 15.6 Å². The Hall–Kier alpha value is -2.70. The average Bonchev–Trinajstić information content (AvgIpc) is 3.42. The van der Waals surface area contributed by atoms with E-state index in [9.17, 15) is 0 Å². The molecule has 2 aromatic carbocycles. The van der Waals surface area contributed by atoms with E-state index in [0.717, 1.165) is 69.2 Å². The van der Waals surface area contributed by atoms with Crippen molar-refractivity contribution in [2.24, 2.45) is 4.99 Å². The van der Waals surface area contributed by atoms with E-state index in [1.54, 1.807) is 0 Å². The Morgan fingerprint density at radius 2 is 1.94 bits per heavy atom. The van der Waals surface area contributed by atoms with Gasteiger partial charge in [-0.15, -0.1) is 6.42 Å². The van der Waals surface area contributed by atoms with Gasteiger partial charge in [0, 0.05) is 40.2 Å². The van der Waals surface area contributed by atoms with E-state index in [4.69, 9.17) is 23.0 Å². The van der Waals surface area contributed by atoms with Gasteiger partial charge in [0.1, 0.15) is 5.82 Å². The summed E-state index contributed by atoms with van der Waals surface area (Å²) in [6.45, 7) is 14.8. The molecule has 0 N–H and O–H groups in total. The zero-order chi connectivity index (χ0) is 23.0. The van der Waals surface area contributed by atoms with E-state index in [2.05, 4.69) is 70.6 Å². The minimum absolute atomic E-state index is 0.695. The van der Waals surface area contributed by atoms with Crippen LogP contribution in [0.4, 0.5) is 0 Å². The molecule has 1 radical (unpaired) electrons. The summed E-state index contributed by atoms with van der Waals surface area (Å²) in [5, 5.41) is 2.63. The summed E-state index contributed by atoms with van der Waals surface area (Å²) >= 11 is 6.94. The molecular weight excluding hydrogens is 411 g/mol. The van der Waals surface area contributed by atoms with Crippen molar-refractivity contribution < 1.29 is 0 Å². The second-order valence-electron chi connectivity index (χ2n) is 8.77. The molecule has 2 aromatic rings. The summed E-state index contributed by atoms with van der Waals surface area (Å²) in [6, 6.07) is 8.40. The maximum absolute atomic E-state index is 6.94. The van der Waals surface area contributed by atoms with Crippen molar-refractivity contribution in [3.63, 3.8) is 0 Å². The number of hydrogen-bond acceptors (Lipinski definition) is 2. The first-order valence-corrected chi connectivity index (χ1v) is 11.7. The van der Waals surface area contributed by atoms with Gasteiger partial charge in [0.25, 0.3) is 0 Å². The summed E-state index contributed by atoms with van der Waals surface area (Å²) in [6.07, 6.45) is 9.20. The summed E-state index contributed by atoms with van der Waals surface area (Å²) in [7, 11) is 2.18. The van der Waals surface area contributed by atoms with Crippen molar-refractivity contribution in [1.29, 1.82) is 0 Å². The summed E-state index contributed by atoms with van der Waals surface area (Å²) in [5.41, 5.74) is 8.69. The van der Waals surface area contributed by atoms with Gasteiger partial charge >= 0.3 is 0 Å². The van der Waals surface area contributed by atoms with Gasteiger partial charge in [0.15, 0.2) is 7.28 Å². The highest BCUT2D eigenvalue weighted by Gasteiger charge is 2.25. The van der Waals surface area contributed by atoms with Crippen LogP contribution in [0, 0.1) is 19.3 Å². The second kappa shape index (κ2) is 9.04. The lowest BCUT2D eigenvalue weighted by atomic mass is 9.65. The summed E-state index contributed by atoms with van der Waals surface area (Å²) in [4.78, 5) is 7.34. The molecule has 4 rings (SSSR count). The fourth-order valence-electron chi connectivity index (χ4n) is 4.60. The Kier molecular flexibility index (Phi) is 6.36. The maximum Gasteiger partial charge on any atom is 0.188 e. The third-order valence-electron chi connectivity index (χ3n) is 6.55. The monoisotopic (exact) mass is 439 g/mol. The molecule has 32 heavy (non-hydrogen) atoms. The van der Waals surface area contributed by atoms with Gasteiger partial charge in [-0.2, -0.15) is 0 Å². The van der Waals surface area contributed by atoms with Gasteiger partial charge < -0.3 is 4.90 Å². The molecule has 0 amide bonds. The number of allylic oxidation sites excluding steroid dienone is 2. The van der Waals surface area contributed by atoms with Crippen molar-refractivity contribution in [3.8, 4) is 23.5 Å². The number of fused-ring (bicyclic) bond motifs is 1. The first kappa shape index (κ1) is 22.5. The van der Waals surface area contributed by atoms with Crippen molar-refractivity contribution in [2.75, 3.05) is 13.1 Å². The molecule has 2 aliphatic heterocycles. The molecule has 2 nitrogen and oxygen atoms in total. The Morgan fingerprint density at radius 3 is 2.59 bits per heavy atom. The largest absolute Gasteiger partial charge is 0.356 e. The minimum Gasteiger partial charge on any atom is -0.356 e. The van der Waals surface area contributed by atoms with E-state index in [1.165, 1.54) is 23.9 Å². The lowest BCUT2D eigenvalue weighted by Gasteiger charge is -2.20. The Morgan fingerprint density at radius 1 is 1.22 bits per heavy atom. The zero-order valence-corrected chi connectivity index (χ0v) is 20.2. The van der Waals surface area contributed by atoms with Gasteiger partial charge in [-0.3, -0.25) is 0 Å². The number of nitrogens with zero attached hydrogens (tertiary/aromatic N) is 2. The molecule has 161 valence electrons. The van der Waals surface area contributed by atoms with Gasteiger partial charge in [0.2, 0.25) is 0 Å². The number of aryl methyl sites for hydroxylation is 1. The van der Waals surface area contributed by atoms with E-state index in [1.807, 2.05) is 6.07 Å². The highest BCUT2D eigenvalue weighted by Crippen LogP contribution is 2.35. The van der Waals surface area contributed by atoms with Crippen LogP contribution < -0.4 is 15.9 Å². The number of hydrogen-bond donors (Lipinski definition) is 0. The van der Waals surface area contributed by atoms with Crippen LogP contribution in [-0.2, 0) is 0 Å². The van der Waals surface area contributed by atoms with Gasteiger partial charge in [0.05, 0.1) is 0 Å². The van der Waals surface area contributed by atoms with Gasteiger partial charge in [-0.25, -0.2) is 4.99 Å². The van der Waals surface area contributed by atoms with Crippen molar-refractivity contribution in [1.82, 2.24) is 4.90 Å². The Labute approximate surface area is 197 Å². The number of benzene rings is 2. The van der Waals surface area contributed by atoms with Crippen LogP contribution in [-0.4, -0.2) is 31.0 Å². The smallest absolute Gasteiger partial charge is 0.188 e. The fraction of sp³-hybridized carbons (Fsp3) is 0.321. The molecule has 0 aromatic heterocycles. The predicted octanol–water partition coefficient (Wildman–Crippen LogP) is 4.47. The van der Waals surface area contributed by atoms with E-state index in [0.29, 0.717) is 5.02 Å². The van der Waals surface area contributed by atoms with E-state index < -0.39 is 0 Å². The van der Waals surface area contributed by atoms with Gasteiger partial charge in [-0.05, 0) is 61.6 Å². The molecule has 2 aliphatic rings. The lowest BCUT2D eigenvalue weighted by Crippen LogP contribution is -2.33. The number of halogens is 1. The molecule has 2 heterocycles. The van der Waals surface area contributed by atoms with Crippen LogP contribution in [0.5, 0.6) is 0 Å². The molecule has 0 unspecified atom stereocenters. The molecule has 1 saturated heterocycles. The van der Waals surface area contributed by atoms with Gasteiger partial charge in [-0.1, -0.05) is 66.6 Å². The summed E-state index contributed by atoms with van der Waals surface area (Å²) < 4.78 is 0. The normalized spacial score (nSPS) is 16.8. The molecule has 0 saturated carbocycles. The molecule has 0 spiro atoms. The molecule has 0 bridgehead atoms. The molecule has 0 aliphatic carbocycles. The number of rotatable bonds is 4. The van der Waals surface area contributed by atoms with Crippen molar-refractivity contribution >= 4 is 48.0 Å². The van der Waals surface area contributed by atoms with Crippen LogP contribution in [0.2, 0.25) is 5.02 Å². The summed E-state index contributed by atoms with van der Waals surface area (Å²) in [5.74, 6) is 3.89. The zero-order valence-electron chi connectivity index (χ0n) is 19.5. The van der Waals surface area contributed by atoms with E-state index >= 15 is 0 Å². The van der Waals surface area contributed by atoms with Crippen LogP contribution in [0.3, 0.4) is 0 Å². The Bertz CT molecular complexity index is 1300. The first-order valence-electron chi connectivity index (χ1n) is 11.3. The standard InChI is InChI=1S/C28H29BClN2/c1-7-19(5)31-28(32-13-9-10-14-32)23-16-25(30)24(15-18(23)4)22-12-11-17(3)27-26(22)21(8-2)20(6)29-27/h2,11-12,15-16H,4,7,9-10,13-14H2,1,3,5-6H3/b28-23+,31-19+. The quantitative estimate of drug-likeness (QED) is 0.390. The van der Waals surface area contributed by atoms with Crippen LogP contribution >= 0.6 is 11.6 Å². The van der Waals surface area contributed by atoms with Crippen molar-refractivity contribution in [2.45, 2.75) is 47.0 Å². The minimum atomic E-state index is 0.695. The molecule has 4 heteroatoms. The number of aliphatic imine (C=N–C) groups is 1. The molecular formula is C28H29BClN2. The molecule has 0 atom stereocenters. The lowest BCUT2D eigenvalue weighted by molar-refractivity contribution is 0.481. The highest BCUT2D eigenvalue weighted by molar-refractivity contribution is 6.67. The van der Waals surface area contributed by atoms with Crippen LogP contribution in [0.25, 0.3) is 29.1 Å². The maximum atomic E-state index is 6.94. The first-order chi connectivity index (χ1) is 15.3. The third kappa shape index (κ3) is 3.93. The Balaban J connectivity index is 1.96. The second-order valence-corrected chi connectivity index (χ2v) is 9.18. The van der Waals surface area contributed by atoms with Crippen LogP contribution in [0.15, 0.2) is 34.7 Å². The van der Waals surface area contributed by atoms with Crippen molar-refractivity contribution in [3.05, 3.63) is 56.3 Å². The number of likely N-dealkylation sites (tertiary alicyclic amines) is 1. The third-order valence-corrected chi connectivity index (χ3v) is 6.86. The average molecular weight is 440 g/mol. The number of terminal acetylenes is 1.